The van der Waals surface area contributed by atoms with Crippen molar-refractivity contribution >= 4 is 16.9 Å². The zero-order chi connectivity index (χ0) is 17.8. The van der Waals surface area contributed by atoms with Crippen LogP contribution >= 0.6 is 0 Å². The summed E-state index contributed by atoms with van der Waals surface area (Å²) in [4.78, 5) is 19.0. The van der Waals surface area contributed by atoms with Crippen molar-refractivity contribution in [3.8, 4) is 11.4 Å². The second-order valence-electron chi connectivity index (χ2n) is 6.40. The monoisotopic (exact) mass is 337 g/mol. The molecule has 0 radical (unpaired) electrons. The van der Waals surface area contributed by atoms with E-state index in [1.165, 1.54) is 5.56 Å². The number of fused-ring (bicyclic) bond motifs is 1. The van der Waals surface area contributed by atoms with E-state index < -0.39 is 5.97 Å². The lowest BCUT2D eigenvalue weighted by Gasteiger charge is -2.05. The minimum absolute atomic E-state index is 0.0292. The number of rotatable bonds is 7. The summed E-state index contributed by atoms with van der Waals surface area (Å²) in [5.41, 5.74) is 11.7. The van der Waals surface area contributed by atoms with E-state index in [9.17, 15) is 4.79 Å². The number of nitrogens with one attached hydrogen (secondary N) is 1. The normalized spacial score (nSPS) is 11.1. The Morgan fingerprint density at radius 3 is 2.76 bits per heavy atom. The summed E-state index contributed by atoms with van der Waals surface area (Å²) < 4.78 is 0. The first-order valence-corrected chi connectivity index (χ1v) is 8.57. The molecule has 0 aliphatic heterocycles. The molecule has 0 atom stereocenters. The molecule has 0 amide bonds. The highest BCUT2D eigenvalue weighted by molar-refractivity contribution is 5.91. The number of carboxylic acids is 1. The summed E-state index contributed by atoms with van der Waals surface area (Å²) in [5, 5.41) is 10.1. The number of aryl methyl sites for hydroxylation is 2. The van der Waals surface area contributed by atoms with Gasteiger partial charge in [-0.05, 0) is 67.6 Å². The number of carboxylic acid groups (broad SMARTS) is 1. The molecule has 3 rings (SSSR count). The first kappa shape index (κ1) is 17.2. The number of aromatic amines is 1. The van der Waals surface area contributed by atoms with Gasteiger partial charge in [0.25, 0.3) is 0 Å². The zero-order valence-electron chi connectivity index (χ0n) is 14.4. The number of hydrogen-bond acceptors (Lipinski definition) is 3. The van der Waals surface area contributed by atoms with Crippen molar-refractivity contribution in [2.24, 2.45) is 5.73 Å². The topological polar surface area (TPSA) is 92.0 Å². The van der Waals surface area contributed by atoms with Gasteiger partial charge in [0.05, 0.1) is 17.8 Å². The number of aliphatic carboxylic acids is 1. The average molecular weight is 337 g/mol. The van der Waals surface area contributed by atoms with Crippen LogP contribution < -0.4 is 5.73 Å². The lowest BCUT2D eigenvalue weighted by Crippen LogP contribution is -2.00. The highest BCUT2D eigenvalue weighted by Crippen LogP contribution is 2.31. The summed E-state index contributed by atoms with van der Waals surface area (Å²) >= 11 is 0. The van der Waals surface area contributed by atoms with Gasteiger partial charge in [-0.2, -0.15) is 0 Å². The van der Waals surface area contributed by atoms with Gasteiger partial charge in [-0.15, -0.1) is 0 Å². The van der Waals surface area contributed by atoms with Gasteiger partial charge in [-0.1, -0.05) is 12.1 Å². The molecule has 2 aromatic heterocycles. The minimum Gasteiger partial charge on any atom is -0.481 e. The number of nitrogens with two attached hydrogens (primary N) is 1. The molecule has 0 spiro atoms. The lowest BCUT2D eigenvalue weighted by molar-refractivity contribution is -0.136. The second kappa shape index (κ2) is 7.49. The van der Waals surface area contributed by atoms with Crippen LogP contribution in [0.25, 0.3) is 22.3 Å². The summed E-state index contributed by atoms with van der Waals surface area (Å²) in [6, 6.07) is 9.87. The maximum Gasteiger partial charge on any atom is 0.307 e. The summed E-state index contributed by atoms with van der Waals surface area (Å²) in [7, 11) is 0. The maximum atomic E-state index is 11.0. The molecule has 0 unspecified atom stereocenters. The molecular weight excluding hydrogens is 314 g/mol. The highest BCUT2D eigenvalue weighted by Gasteiger charge is 2.15. The SMILES string of the molecule is Cc1ccc(-c2[nH]c3ccc(CC(=O)O)cc3c2CCCCN)nc1. The van der Waals surface area contributed by atoms with Gasteiger partial charge in [0.1, 0.15) is 0 Å². The van der Waals surface area contributed by atoms with E-state index in [4.69, 9.17) is 10.8 Å². The van der Waals surface area contributed by atoms with E-state index in [1.807, 2.05) is 43.5 Å². The first-order chi connectivity index (χ1) is 12.1. The molecule has 0 saturated heterocycles. The van der Waals surface area contributed by atoms with Gasteiger partial charge in [0.15, 0.2) is 0 Å². The number of H-pyrrole nitrogens is 1. The number of aromatic nitrogens is 2. The van der Waals surface area contributed by atoms with Crippen LogP contribution in [0.2, 0.25) is 0 Å². The van der Waals surface area contributed by atoms with Crippen LogP contribution in [0.5, 0.6) is 0 Å². The van der Waals surface area contributed by atoms with Crippen LogP contribution in [-0.4, -0.2) is 27.6 Å². The Morgan fingerprint density at radius 1 is 1.24 bits per heavy atom. The van der Waals surface area contributed by atoms with Crippen molar-refractivity contribution in [2.45, 2.75) is 32.6 Å². The summed E-state index contributed by atoms with van der Waals surface area (Å²) in [6.45, 7) is 2.69. The van der Waals surface area contributed by atoms with Crippen LogP contribution in [0, 0.1) is 6.92 Å². The highest BCUT2D eigenvalue weighted by atomic mass is 16.4. The van der Waals surface area contributed by atoms with E-state index in [0.29, 0.717) is 6.54 Å². The molecule has 5 nitrogen and oxygen atoms in total. The summed E-state index contributed by atoms with van der Waals surface area (Å²) in [6.07, 6.45) is 4.73. The third kappa shape index (κ3) is 3.88. The van der Waals surface area contributed by atoms with Gasteiger partial charge < -0.3 is 15.8 Å². The van der Waals surface area contributed by atoms with Crippen molar-refractivity contribution in [3.05, 3.63) is 53.2 Å². The lowest BCUT2D eigenvalue weighted by atomic mass is 10.0. The van der Waals surface area contributed by atoms with Gasteiger partial charge in [0, 0.05) is 17.1 Å². The van der Waals surface area contributed by atoms with Crippen molar-refractivity contribution in [2.75, 3.05) is 6.54 Å². The largest absolute Gasteiger partial charge is 0.481 e. The maximum absolute atomic E-state index is 11.0. The third-order valence-corrected chi connectivity index (χ3v) is 4.37. The minimum atomic E-state index is -0.819. The van der Waals surface area contributed by atoms with Crippen LogP contribution in [-0.2, 0) is 17.6 Å². The Bertz CT molecular complexity index is 882. The van der Waals surface area contributed by atoms with Gasteiger partial charge in [0.2, 0.25) is 0 Å². The molecule has 3 aromatic rings. The number of carbonyl (C=O) groups is 1. The van der Waals surface area contributed by atoms with Crippen LogP contribution in [0.1, 0.15) is 29.5 Å². The predicted molar refractivity (Wildman–Crippen MR) is 99.6 cm³/mol. The Hall–Kier alpha value is -2.66. The average Bonchev–Trinajstić information content (AvgIpc) is 2.93. The Kier molecular flexibility index (Phi) is 5.14. The van der Waals surface area contributed by atoms with Crippen molar-refractivity contribution < 1.29 is 9.90 Å². The number of unbranched alkanes of at least 4 members (excludes halogenated alkanes) is 1. The molecule has 2 heterocycles. The number of nitrogens with zero attached hydrogens (tertiary/aromatic N) is 1. The third-order valence-electron chi connectivity index (χ3n) is 4.37. The van der Waals surface area contributed by atoms with Crippen LogP contribution in [0.4, 0.5) is 0 Å². The molecule has 0 fully saturated rings. The van der Waals surface area contributed by atoms with Crippen LogP contribution in [0.15, 0.2) is 36.5 Å². The van der Waals surface area contributed by atoms with E-state index in [0.717, 1.165) is 52.7 Å². The molecule has 25 heavy (non-hydrogen) atoms. The standard InChI is InChI=1S/C20H23N3O2/c1-13-5-7-18(22-12-13)20-15(4-2-3-9-21)16-10-14(11-19(24)25)6-8-17(16)23-20/h5-8,10,12,23H,2-4,9,11,21H2,1H3,(H,24,25). The Balaban J connectivity index is 2.08. The number of hydrogen-bond donors (Lipinski definition) is 3. The fourth-order valence-electron chi connectivity index (χ4n) is 3.12. The number of pyridine rings is 1. The molecule has 4 N–H and O–H groups in total. The quantitative estimate of drug-likeness (QED) is 0.576. The van der Waals surface area contributed by atoms with E-state index in [1.54, 1.807) is 0 Å². The van der Waals surface area contributed by atoms with E-state index in [-0.39, 0.29) is 6.42 Å². The van der Waals surface area contributed by atoms with Crippen molar-refractivity contribution in [1.82, 2.24) is 9.97 Å². The van der Waals surface area contributed by atoms with Gasteiger partial charge in [-0.3, -0.25) is 9.78 Å². The van der Waals surface area contributed by atoms with Gasteiger partial charge in [-0.25, -0.2) is 0 Å². The molecule has 0 aliphatic carbocycles. The predicted octanol–water partition coefficient (Wildman–Crippen LogP) is 3.45. The molecule has 130 valence electrons. The first-order valence-electron chi connectivity index (χ1n) is 8.57. The van der Waals surface area contributed by atoms with Crippen molar-refractivity contribution in [1.29, 1.82) is 0 Å². The molecule has 0 bridgehead atoms. The summed E-state index contributed by atoms with van der Waals surface area (Å²) in [5.74, 6) is -0.819. The van der Waals surface area contributed by atoms with E-state index >= 15 is 0 Å². The molecule has 1 aromatic carbocycles. The van der Waals surface area contributed by atoms with Gasteiger partial charge >= 0.3 is 5.97 Å². The fraction of sp³-hybridized carbons (Fsp3) is 0.300. The molecular formula is C20H23N3O2. The molecule has 0 saturated carbocycles. The van der Waals surface area contributed by atoms with Crippen LogP contribution in [0.3, 0.4) is 0 Å². The Labute approximate surface area is 146 Å². The molecule has 5 heteroatoms. The van der Waals surface area contributed by atoms with E-state index in [2.05, 4.69) is 9.97 Å². The zero-order valence-corrected chi connectivity index (χ0v) is 14.4. The molecule has 0 aliphatic rings. The van der Waals surface area contributed by atoms with Crippen molar-refractivity contribution in [3.63, 3.8) is 0 Å². The fourth-order valence-corrected chi connectivity index (χ4v) is 3.12. The Morgan fingerprint density at radius 2 is 2.08 bits per heavy atom. The number of benzene rings is 1. The smallest absolute Gasteiger partial charge is 0.307 e. The second-order valence-corrected chi connectivity index (χ2v) is 6.40.